The summed E-state index contributed by atoms with van der Waals surface area (Å²) in [5.41, 5.74) is 1.76. The van der Waals surface area contributed by atoms with E-state index in [1.807, 2.05) is 13.0 Å². The third kappa shape index (κ3) is 3.32. The van der Waals surface area contributed by atoms with Gasteiger partial charge in [0.25, 0.3) is 0 Å². The maximum absolute atomic E-state index is 12.8. The van der Waals surface area contributed by atoms with Crippen molar-refractivity contribution >= 4 is 17.4 Å². The second kappa shape index (κ2) is 5.57. The molecule has 1 aliphatic rings. The Hall–Kier alpha value is -0.970. The van der Waals surface area contributed by atoms with Gasteiger partial charge in [0.05, 0.1) is 5.92 Å². The lowest BCUT2D eigenvalue weighted by molar-refractivity contribution is -0.176. The molecular weight excluding hydrogens is 277 g/mol. The van der Waals surface area contributed by atoms with Gasteiger partial charge in [0.15, 0.2) is 0 Å². The quantitative estimate of drug-likeness (QED) is 0.768. The maximum Gasteiger partial charge on any atom is 0.393 e. The highest BCUT2D eigenvalue weighted by molar-refractivity contribution is 6.17. The molecule has 2 rings (SSSR count). The molecule has 1 aromatic heterocycles. The molecule has 0 saturated carbocycles. The van der Waals surface area contributed by atoms with E-state index in [-0.39, 0.29) is 13.0 Å². The van der Waals surface area contributed by atoms with Crippen LogP contribution in [0.4, 0.5) is 19.0 Å². The fourth-order valence-electron chi connectivity index (χ4n) is 2.47. The van der Waals surface area contributed by atoms with Crippen LogP contribution in [0, 0.1) is 12.8 Å². The third-order valence-corrected chi connectivity index (χ3v) is 3.75. The van der Waals surface area contributed by atoms with Gasteiger partial charge in [0, 0.05) is 25.2 Å². The van der Waals surface area contributed by atoms with Gasteiger partial charge in [0.2, 0.25) is 0 Å². The number of halogens is 4. The van der Waals surface area contributed by atoms with Crippen molar-refractivity contribution in [3.05, 3.63) is 23.4 Å². The Morgan fingerprint density at radius 3 is 2.79 bits per heavy atom. The van der Waals surface area contributed by atoms with E-state index in [0.717, 1.165) is 11.1 Å². The van der Waals surface area contributed by atoms with Crippen LogP contribution in [0.15, 0.2) is 12.3 Å². The number of hydrogen-bond donors (Lipinski definition) is 0. The van der Waals surface area contributed by atoms with Crippen molar-refractivity contribution in [2.75, 3.05) is 18.0 Å². The summed E-state index contributed by atoms with van der Waals surface area (Å²) in [4.78, 5) is 5.99. The van der Waals surface area contributed by atoms with Crippen molar-refractivity contribution < 1.29 is 13.2 Å². The van der Waals surface area contributed by atoms with Gasteiger partial charge in [-0.15, -0.1) is 11.6 Å². The Bertz CT molecular complexity index is 448. The Kier molecular flexibility index (Phi) is 4.23. The monoisotopic (exact) mass is 292 g/mol. The molecule has 1 atom stereocenters. The van der Waals surface area contributed by atoms with Gasteiger partial charge in [-0.05, 0) is 37.0 Å². The second-order valence-electron chi connectivity index (χ2n) is 4.94. The van der Waals surface area contributed by atoms with E-state index in [2.05, 4.69) is 4.98 Å². The number of aromatic nitrogens is 1. The molecule has 0 bridgehead atoms. The van der Waals surface area contributed by atoms with Gasteiger partial charge in [-0.1, -0.05) is 0 Å². The van der Waals surface area contributed by atoms with Gasteiger partial charge in [-0.3, -0.25) is 0 Å². The fourth-order valence-corrected chi connectivity index (χ4v) is 2.61. The number of piperidine rings is 1. The van der Waals surface area contributed by atoms with E-state index in [1.165, 1.54) is 0 Å². The highest BCUT2D eigenvalue weighted by Crippen LogP contribution is 2.35. The van der Waals surface area contributed by atoms with Crippen LogP contribution >= 0.6 is 11.6 Å². The fraction of sp³-hybridized carbons (Fsp3) is 0.615. The lowest BCUT2D eigenvalue weighted by Crippen LogP contribution is -2.42. The first-order valence-corrected chi connectivity index (χ1v) is 6.78. The number of pyridine rings is 1. The molecule has 2 heterocycles. The number of anilines is 1. The Balaban J connectivity index is 2.17. The normalized spacial score (nSPS) is 20.7. The highest BCUT2D eigenvalue weighted by atomic mass is 35.5. The number of nitrogens with zero attached hydrogens (tertiary/aromatic N) is 2. The molecule has 1 fully saturated rings. The molecule has 0 aromatic carbocycles. The van der Waals surface area contributed by atoms with E-state index in [0.29, 0.717) is 24.7 Å². The Labute approximate surface area is 115 Å². The molecule has 0 amide bonds. The van der Waals surface area contributed by atoms with Crippen molar-refractivity contribution in [1.29, 1.82) is 0 Å². The molecule has 2 nitrogen and oxygen atoms in total. The average Bonchev–Trinajstić information content (AvgIpc) is 2.37. The van der Waals surface area contributed by atoms with Crippen LogP contribution in [0.5, 0.6) is 0 Å². The van der Waals surface area contributed by atoms with Gasteiger partial charge in [-0.2, -0.15) is 13.2 Å². The molecule has 0 spiro atoms. The standard InChI is InChI=1S/C13H16ClF3N2/c1-9-5-10(6-14)7-18-12(9)19-4-2-3-11(8-19)13(15,16)17/h5,7,11H,2-4,6,8H2,1H3. The number of alkyl halides is 4. The summed E-state index contributed by atoms with van der Waals surface area (Å²) >= 11 is 5.72. The van der Waals surface area contributed by atoms with Crippen LogP contribution in [0.25, 0.3) is 0 Å². The summed E-state index contributed by atoms with van der Waals surface area (Å²) in [7, 11) is 0. The molecule has 106 valence electrons. The second-order valence-corrected chi connectivity index (χ2v) is 5.21. The first-order chi connectivity index (χ1) is 8.91. The van der Waals surface area contributed by atoms with Crippen molar-refractivity contribution in [1.82, 2.24) is 4.98 Å². The predicted molar refractivity (Wildman–Crippen MR) is 69.5 cm³/mol. The Morgan fingerprint density at radius 2 is 2.21 bits per heavy atom. The van der Waals surface area contributed by atoms with Crippen LogP contribution in [-0.2, 0) is 5.88 Å². The first-order valence-electron chi connectivity index (χ1n) is 6.25. The number of rotatable bonds is 2. The lowest BCUT2D eigenvalue weighted by Gasteiger charge is -2.35. The molecule has 1 aromatic rings. The minimum absolute atomic E-state index is 0.00242. The highest BCUT2D eigenvalue weighted by Gasteiger charge is 2.42. The molecule has 1 saturated heterocycles. The Morgan fingerprint density at radius 1 is 1.47 bits per heavy atom. The maximum atomic E-state index is 12.8. The topological polar surface area (TPSA) is 16.1 Å². The van der Waals surface area contributed by atoms with E-state index in [4.69, 9.17) is 11.6 Å². The van der Waals surface area contributed by atoms with E-state index >= 15 is 0 Å². The van der Waals surface area contributed by atoms with Crippen molar-refractivity contribution in [3.8, 4) is 0 Å². The minimum Gasteiger partial charge on any atom is -0.356 e. The van der Waals surface area contributed by atoms with Gasteiger partial charge >= 0.3 is 6.18 Å². The van der Waals surface area contributed by atoms with Gasteiger partial charge in [-0.25, -0.2) is 4.98 Å². The van der Waals surface area contributed by atoms with E-state index < -0.39 is 12.1 Å². The third-order valence-electron chi connectivity index (χ3n) is 3.45. The lowest BCUT2D eigenvalue weighted by atomic mass is 9.97. The molecule has 1 aliphatic heterocycles. The number of hydrogen-bond acceptors (Lipinski definition) is 2. The van der Waals surface area contributed by atoms with Crippen LogP contribution in [-0.4, -0.2) is 24.2 Å². The van der Waals surface area contributed by atoms with Crippen LogP contribution < -0.4 is 4.90 Å². The summed E-state index contributed by atoms with van der Waals surface area (Å²) in [6.07, 6.45) is -1.74. The summed E-state index contributed by atoms with van der Waals surface area (Å²) in [6.45, 7) is 2.48. The summed E-state index contributed by atoms with van der Waals surface area (Å²) in [5, 5.41) is 0. The van der Waals surface area contributed by atoms with E-state index in [9.17, 15) is 13.2 Å². The van der Waals surface area contributed by atoms with E-state index in [1.54, 1.807) is 11.1 Å². The zero-order chi connectivity index (χ0) is 14.0. The van der Waals surface area contributed by atoms with Gasteiger partial charge < -0.3 is 4.90 Å². The van der Waals surface area contributed by atoms with Crippen LogP contribution in [0.2, 0.25) is 0 Å². The number of aryl methyl sites for hydroxylation is 1. The summed E-state index contributed by atoms with van der Waals surface area (Å²) < 4.78 is 38.4. The summed E-state index contributed by atoms with van der Waals surface area (Å²) in [5.74, 6) is -0.253. The predicted octanol–water partition coefficient (Wildman–Crippen LogP) is 3.91. The van der Waals surface area contributed by atoms with Crippen molar-refractivity contribution in [2.45, 2.75) is 31.8 Å². The zero-order valence-corrected chi connectivity index (χ0v) is 11.4. The van der Waals surface area contributed by atoms with Crippen molar-refractivity contribution in [3.63, 3.8) is 0 Å². The van der Waals surface area contributed by atoms with Gasteiger partial charge in [0.1, 0.15) is 5.82 Å². The summed E-state index contributed by atoms with van der Waals surface area (Å²) in [6, 6.07) is 1.88. The average molecular weight is 293 g/mol. The van der Waals surface area contributed by atoms with Crippen LogP contribution in [0.1, 0.15) is 24.0 Å². The minimum atomic E-state index is -4.12. The molecule has 0 N–H and O–H groups in total. The molecule has 0 aliphatic carbocycles. The first kappa shape index (κ1) is 14.4. The molecule has 0 radical (unpaired) electrons. The molecule has 6 heteroatoms. The molecular formula is C13H16ClF3N2. The van der Waals surface area contributed by atoms with Crippen molar-refractivity contribution in [2.24, 2.45) is 5.92 Å². The smallest absolute Gasteiger partial charge is 0.356 e. The largest absolute Gasteiger partial charge is 0.393 e. The zero-order valence-electron chi connectivity index (χ0n) is 10.7. The molecule has 19 heavy (non-hydrogen) atoms. The SMILES string of the molecule is Cc1cc(CCl)cnc1N1CCCC(C(F)(F)F)C1. The molecule has 1 unspecified atom stereocenters. The van der Waals surface area contributed by atoms with Crippen LogP contribution in [0.3, 0.4) is 0 Å².